The van der Waals surface area contributed by atoms with Crippen molar-refractivity contribution < 1.29 is 0 Å². The Morgan fingerprint density at radius 3 is 2.19 bits per heavy atom. The Bertz CT molecular complexity index is 345. The molecule has 0 fully saturated rings. The SMILES string of the molecule is CC(C)Cc1ccc(C(C)(C)C)cc1CCl. The second kappa shape index (κ2) is 5.23. The molecule has 1 heteroatoms. The molecule has 0 aromatic heterocycles. The molecule has 16 heavy (non-hydrogen) atoms. The van der Waals surface area contributed by atoms with Crippen LogP contribution in [0.3, 0.4) is 0 Å². The van der Waals surface area contributed by atoms with Crippen LogP contribution < -0.4 is 0 Å². The normalized spacial score (nSPS) is 12.2. The third kappa shape index (κ3) is 3.52. The third-order valence-corrected chi connectivity index (χ3v) is 3.13. The molecule has 0 saturated carbocycles. The van der Waals surface area contributed by atoms with Crippen molar-refractivity contribution >= 4 is 11.6 Å². The largest absolute Gasteiger partial charge is 0.122 e. The van der Waals surface area contributed by atoms with E-state index in [1.807, 2.05) is 0 Å². The summed E-state index contributed by atoms with van der Waals surface area (Å²) in [6.07, 6.45) is 1.12. The van der Waals surface area contributed by atoms with E-state index in [-0.39, 0.29) is 5.41 Å². The number of halogens is 1. The van der Waals surface area contributed by atoms with Gasteiger partial charge in [0, 0.05) is 5.88 Å². The van der Waals surface area contributed by atoms with Gasteiger partial charge in [-0.25, -0.2) is 0 Å². The summed E-state index contributed by atoms with van der Waals surface area (Å²) in [4.78, 5) is 0. The highest BCUT2D eigenvalue weighted by atomic mass is 35.5. The fraction of sp³-hybridized carbons (Fsp3) is 0.600. The topological polar surface area (TPSA) is 0 Å². The van der Waals surface area contributed by atoms with Crippen LogP contribution in [0.2, 0.25) is 0 Å². The molecule has 1 aromatic carbocycles. The molecule has 0 amide bonds. The van der Waals surface area contributed by atoms with Gasteiger partial charge in [0.05, 0.1) is 0 Å². The second-order valence-electron chi connectivity index (χ2n) is 5.97. The van der Waals surface area contributed by atoms with Gasteiger partial charge < -0.3 is 0 Å². The highest BCUT2D eigenvalue weighted by Gasteiger charge is 2.15. The van der Waals surface area contributed by atoms with E-state index in [0.717, 1.165) is 6.42 Å². The lowest BCUT2D eigenvalue weighted by atomic mass is 9.84. The van der Waals surface area contributed by atoms with E-state index in [1.165, 1.54) is 16.7 Å². The molecule has 0 aliphatic rings. The summed E-state index contributed by atoms with van der Waals surface area (Å²) < 4.78 is 0. The van der Waals surface area contributed by atoms with E-state index < -0.39 is 0 Å². The van der Waals surface area contributed by atoms with Crippen LogP contribution in [-0.2, 0) is 17.7 Å². The van der Waals surface area contributed by atoms with Crippen molar-refractivity contribution in [1.82, 2.24) is 0 Å². The van der Waals surface area contributed by atoms with Gasteiger partial charge in [0.1, 0.15) is 0 Å². The first-order valence-corrected chi connectivity index (χ1v) is 6.56. The van der Waals surface area contributed by atoms with Crippen LogP contribution in [0.5, 0.6) is 0 Å². The molecule has 0 unspecified atom stereocenters. The Balaban J connectivity index is 3.07. The van der Waals surface area contributed by atoms with Gasteiger partial charge in [0.15, 0.2) is 0 Å². The van der Waals surface area contributed by atoms with Crippen molar-refractivity contribution in [3.63, 3.8) is 0 Å². The van der Waals surface area contributed by atoms with Crippen LogP contribution in [0.15, 0.2) is 18.2 Å². The summed E-state index contributed by atoms with van der Waals surface area (Å²) in [5, 5.41) is 0. The van der Waals surface area contributed by atoms with Crippen LogP contribution in [0.1, 0.15) is 51.3 Å². The molecule has 0 heterocycles. The van der Waals surface area contributed by atoms with E-state index in [9.17, 15) is 0 Å². The summed E-state index contributed by atoms with van der Waals surface area (Å²) in [5.74, 6) is 1.30. The highest BCUT2D eigenvalue weighted by molar-refractivity contribution is 6.17. The van der Waals surface area contributed by atoms with Crippen molar-refractivity contribution in [3.8, 4) is 0 Å². The Hall–Kier alpha value is -0.490. The molecule has 0 N–H and O–H groups in total. The van der Waals surface area contributed by atoms with Gasteiger partial charge in [-0.1, -0.05) is 52.8 Å². The molecule has 0 aliphatic carbocycles. The van der Waals surface area contributed by atoms with Gasteiger partial charge in [-0.2, -0.15) is 0 Å². The van der Waals surface area contributed by atoms with Crippen molar-refractivity contribution in [2.24, 2.45) is 5.92 Å². The summed E-state index contributed by atoms with van der Waals surface area (Å²) in [7, 11) is 0. The first-order chi connectivity index (χ1) is 7.34. The van der Waals surface area contributed by atoms with Gasteiger partial charge in [0.25, 0.3) is 0 Å². The van der Waals surface area contributed by atoms with Crippen molar-refractivity contribution in [2.45, 2.75) is 52.3 Å². The van der Waals surface area contributed by atoms with E-state index >= 15 is 0 Å². The molecule has 0 saturated heterocycles. The number of hydrogen-bond donors (Lipinski definition) is 0. The number of hydrogen-bond acceptors (Lipinski definition) is 0. The quantitative estimate of drug-likeness (QED) is 0.656. The summed E-state index contributed by atoms with van der Waals surface area (Å²) >= 11 is 6.04. The maximum Gasteiger partial charge on any atom is 0.0476 e. The minimum atomic E-state index is 0.206. The van der Waals surface area contributed by atoms with E-state index in [4.69, 9.17) is 11.6 Å². The lowest BCUT2D eigenvalue weighted by Gasteiger charge is -2.21. The average Bonchev–Trinajstić information content (AvgIpc) is 2.15. The van der Waals surface area contributed by atoms with Crippen molar-refractivity contribution in [2.75, 3.05) is 0 Å². The van der Waals surface area contributed by atoms with Gasteiger partial charge >= 0.3 is 0 Å². The number of rotatable bonds is 3. The number of benzene rings is 1. The first-order valence-electron chi connectivity index (χ1n) is 6.03. The molecule has 0 aliphatic heterocycles. The van der Waals surface area contributed by atoms with Crippen LogP contribution in [0.4, 0.5) is 0 Å². The Labute approximate surface area is 105 Å². The highest BCUT2D eigenvalue weighted by Crippen LogP contribution is 2.26. The van der Waals surface area contributed by atoms with E-state index in [2.05, 4.69) is 52.8 Å². The lowest BCUT2D eigenvalue weighted by molar-refractivity contribution is 0.588. The molecule has 0 radical (unpaired) electrons. The lowest BCUT2D eigenvalue weighted by Crippen LogP contribution is -2.12. The van der Waals surface area contributed by atoms with Crippen LogP contribution in [0.25, 0.3) is 0 Å². The molecule has 1 aromatic rings. The third-order valence-electron chi connectivity index (χ3n) is 2.84. The van der Waals surface area contributed by atoms with E-state index in [1.54, 1.807) is 0 Å². The maximum absolute atomic E-state index is 6.04. The van der Waals surface area contributed by atoms with Crippen LogP contribution in [-0.4, -0.2) is 0 Å². The summed E-state index contributed by atoms with van der Waals surface area (Å²) in [6, 6.07) is 6.76. The minimum absolute atomic E-state index is 0.206. The first kappa shape index (κ1) is 13.6. The number of alkyl halides is 1. The summed E-state index contributed by atoms with van der Waals surface area (Å²) in [5.41, 5.74) is 4.27. The smallest absolute Gasteiger partial charge is 0.0476 e. The molecule has 90 valence electrons. The molecule has 1 rings (SSSR count). The predicted octanol–water partition coefficient (Wildman–Crippen LogP) is 4.92. The molecule has 0 bridgehead atoms. The molecule has 0 atom stereocenters. The van der Waals surface area contributed by atoms with Crippen LogP contribution >= 0.6 is 11.6 Å². The molecule has 0 spiro atoms. The maximum atomic E-state index is 6.04. The molecule has 0 nitrogen and oxygen atoms in total. The van der Waals surface area contributed by atoms with Gasteiger partial charge in [-0.05, 0) is 34.4 Å². The van der Waals surface area contributed by atoms with Gasteiger partial charge in [-0.15, -0.1) is 11.6 Å². The van der Waals surface area contributed by atoms with Crippen molar-refractivity contribution in [3.05, 3.63) is 34.9 Å². The molecular formula is C15H23Cl. The van der Waals surface area contributed by atoms with Crippen LogP contribution in [0, 0.1) is 5.92 Å². The van der Waals surface area contributed by atoms with Crippen molar-refractivity contribution in [1.29, 1.82) is 0 Å². The van der Waals surface area contributed by atoms with E-state index in [0.29, 0.717) is 11.8 Å². The molecular weight excluding hydrogens is 216 g/mol. The Morgan fingerprint density at radius 1 is 1.12 bits per heavy atom. The average molecular weight is 239 g/mol. The predicted molar refractivity (Wildman–Crippen MR) is 73.2 cm³/mol. The second-order valence-corrected chi connectivity index (χ2v) is 6.23. The zero-order valence-corrected chi connectivity index (χ0v) is 11.9. The monoisotopic (exact) mass is 238 g/mol. The fourth-order valence-electron chi connectivity index (χ4n) is 1.86. The Kier molecular flexibility index (Phi) is 4.43. The minimum Gasteiger partial charge on any atom is -0.122 e. The standard InChI is InChI=1S/C15H23Cl/c1-11(2)8-12-6-7-14(15(3,4)5)9-13(12)10-16/h6-7,9,11H,8,10H2,1-5H3. The summed E-state index contributed by atoms with van der Waals surface area (Å²) in [6.45, 7) is 11.2. The zero-order chi connectivity index (χ0) is 12.3. The van der Waals surface area contributed by atoms with Gasteiger partial charge in [-0.3, -0.25) is 0 Å². The van der Waals surface area contributed by atoms with Gasteiger partial charge in [0.2, 0.25) is 0 Å². The zero-order valence-electron chi connectivity index (χ0n) is 11.1. The fourth-order valence-corrected chi connectivity index (χ4v) is 2.10. The Morgan fingerprint density at radius 2 is 1.75 bits per heavy atom.